The molecule has 1 N–H and O–H groups in total. The molecule has 6 heteroatoms. The zero-order chi connectivity index (χ0) is 15.3. The minimum absolute atomic E-state index is 0.0389. The lowest BCUT2D eigenvalue weighted by atomic mass is 10.1. The summed E-state index contributed by atoms with van der Waals surface area (Å²) >= 11 is 5.90. The van der Waals surface area contributed by atoms with Gasteiger partial charge in [-0.05, 0) is 32.0 Å². The lowest BCUT2D eigenvalue weighted by Crippen LogP contribution is -2.25. The van der Waals surface area contributed by atoms with E-state index in [1.165, 1.54) is 4.90 Å². The summed E-state index contributed by atoms with van der Waals surface area (Å²) in [5.41, 5.74) is 0.769. The Hall–Kier alpha value is -1.59. The Labute approximate surface area is 123 Å². The molecule has 5 nitrogen and oxygen atoms in total. The van der Waals surface area contributed by atoms with E-state index >= 15 is 0 Å². The number of carbonyl (C=O) groups is 2. The first-order chi connectivity index (χ1) is 9.31. The molecule has 0 spiro atoms. The van der Waals surface area contributed by atoms with Crippen molar-refractivity contribution in [2.24, 2.45) is 0 Å². The van der Waals surface area contributed by atoms with E-state index < -0.39 is 0 Å². The average molecular weight is 299 g/mol. The molecule has 0 fully saturated rings. The summed E-state index contributed by atoms with van der Waals surface area (Å²) in [5, 5.41) is 3.09. The van der Waals surface area contributed by atoms with Crippen LogP contribution >= 0.6 is 11.6 Å². The Kier molecular flexibility index (Phi) is 5.98. The molecule has 1 aromatic carbocycles. The molecule has 0 atom stereocenters. The van der Waals surface area contributed by atoms with Gasteiger partial charge >= 0.3 is 0 Å². The number of nitrogens with zero attached hydrogens (tertiary/aromatic N) is 1. The lowest BCUT2D eigenvalue weighted by Gasteiger charge is -2.15. The Morgan fingerprint density at radius 1 is 1.35 bits per heavy atom. The van der Waals surface area contributed by atoms with Crippen LogP contribution in [-0.2, 0) is 9.53 Å². The van der Waals surface area contributed by atoms with Gasteiger partial charge in [0, 0.05) is 19.1 Å². The van der Waals surface area contributed by atoms with Crippen molar-refractivity contribution < 1.29 is 14.3 Å². The molecule has 0 aliphatic heterocycles. The van der Waals surface area contributed by atoms with Crippen LogP contribution in [-0.4, -0.2) is 43.5 Å². The van der Waals surface area contributed by atoms with Crippen molar-refractivity contribution in [1.82, 2.24) is 4.90 Å². The van der Waals surface area contributed by atoms with Crippen LogP contribution in [0.15, 0.2) is 18.2 Å². The van der Waals surface area contributed by atoms with E-state index in [0.29, 0.717) is 16.3 Å². The first-order valence-corrected chi connectivity index (χ1v) is 6.61. The molecule has 2 amide bonds. The van der Waals surface area contributed by atoms with Crippen LogP contribution < -0.4 is 5.32 Å². The molecule has 20 heavy (non-hydrogen) atoms. The van der Waals surface area contributed by atoms with Gasteiger partial charge in [0.15, 0.2) is 0 Å². The standard InChI is InChI=1S/C14H19ClN2O3/c1-9(2)20-8-13(18)16-12-7-10(15)5-6-11(12)14(19)17(3)4/h5-7,9H,8H2,1-4H3,(H,16,18). The number of carbonyl (C=O) groups excluding carboxylic acids is 2. The fourth-order valence-corrected chi connectivity index (χ4v) is 1.65. The third-order valence-electron chi connectivity index (χ3n) is 2.44. The van der Waals surface area contributed by atoms with Crippen LogP contribution in [0.25, 0.3) is 0 Å². The van der Waals surface area contributed by atoms with Crippen molar-refractivity contribution in [2.45, 2.75) is 20.0 Å². The summed E-state index contributed by atoms with van der Waals surface area (Å²) in [4.78, 5) is 25.2. The zero-order valence-electron chi connectivity index (χ0n) is 12.1. The first-order valence-electron chi connectivity index (χ1n) is 6.24. The third kappa shape index (κ3) is 4.83. The Bertz CT molecular complexity index is 501. The Morgan fingerprint density at radius 3 is 2.55 bits per heavy atom. The van der Waals surface area contributed by atoms with Gasteiger partial charge in [-0.3, -0.25) is 9.59 Å². The number of anilines is 1. The quantitative estimate of drug-likeness (QED) is 0.908. The number of nitrogens with one attached hydrogen (secondary N) is 1. The minimum atomic E-state index is -0.325. The molecule has 0 saturated carbocycles. The number of amides is 2. The zero-order valence-corrected chi connectivity index (χ0v) is 12.8. The monoisotopic (exact) mass is 298 g/mol. The molecule has 110 valence electrons. The SMILES string of the molecule is CC(C)OCC(=O)Nc1cc(Cl)ccc1C(=O)N(C)C. The van der Waals surface area contributed by atoms with Crippen molar-refractivity contribution in [2.75, 3.05) is 26.0 Å². The van der Waals surface area contributed by atoms with E-state index in [1.54, 1.807) is 32.3 Å². The Morgan fingerprint density at radius 2 is 2.00 bits per heavy atom. The molecule has 0 aliphatic carbocycles. The van der Waals surface area contributed by atoms with Gasteiger partial charge in [-0.2, -0.15) is 0 Å². The fourth-order valence-electron chi connectivity index (χ4n) is 1.48. The van der Waals surface area contributed by atoms with E-state index in [0.717, 1.165) is 0 Å². The summed E-state index contributed by atoms with van der Waals surface area (Å²) in [7, 11) is 3.29. The molecule has 0 saturated heterocycles. The van der Waals surface area contributed by atoms with Gasteiger partial charge < -0.3 is 15.0 Å². The topological polar surface area (TPSA) is 58.6 Å². The molecule has 0 heterocycles. The normalized spacial score (nSPS) is 10.5. The molecule has 1 rings (SSSR count). The van der Waals surface area contributed by atoms with Gasteiger partial charge in [0.25, 0.3) is 5.91 Å². The highest BCUT2D eigenvalue weighted by molar-refractivity contribution is 6.31. The van der Waals surface area contributed by atoms with Gasteiger partial charge in [0.1, 0.15) is 6.61 Å². The highest BCUT2D eigenvalue weighted by Crippen LogP contribution is 2.22. The predicted molar refractivity (Wildman–Crippen MR) is 79.2 cm³/mol. The second-order valence-electron chi connectivity index (χ2n) is 4.80. The van der Waals surface area contributed by atoms with Crippen molar-refractivity contribution >= 4 is 29.1 Å². The first kappa shape index (κ1) is 16.5. The van der Waals surface area contributed by atoms with E-state index in [9.17, 15) is 9.59 Å². The average Bonchev–Trinajstić information content (AvgIpc) is 2.35. The third-order valence-corrected chi connectivity index (χ3v) is 2.68. The van der Waals surface area contributed by atoms with Crippen LogP contribution in [0.2, 0.25) is 5.02 Å². The van der Waals surface area contributed by atoms with E-state index in [2.05, 4.69) is 5.32 Å². The summed E-state index contributed by atoms with van der Waals surface area (Å²) in [6, 6.07) is 4.74. The molecule has 0 radical (unpaired) electrons. The Balaban J connectivity index is 2.90. The molecule has 0 bridgehead atoms. The lowest BCUT2D eigenvalue weighted by molar-refractivity contribution is -0.121. The predicted octanol–water partition coefficient (Wildman–Crippen LogP) is 2.41. The summed E-state index contributed by atoms with van der Waals surface area (Å²) < 4.78 is 5.21. The second kappa shape index (κ2) is 7.26. The number of ether oxygens (including phenoxy) is 1. The minimum Gasteiger partial charge on any atom is -0.369 e. The van der Waals surface area contributed by atoms with Crippen LogP contribution in [0.3, 0.4) is 0 Å². The number of halogens is 1. The second-order valence-corrected chi connectivity index (χ2v) is 5.23. The summed E-state index contributed by atoms with van der Waals surface area (Å²) in [6.45, 7) is 3.61. The number of hydrogen-bond acceptors (Lipinski definition) is 3. The van der Waals surface area contributed by atoms with Crippen LogP contribution in [0.1, 0.15) is 24.2 Å². The van der Waals surface area contributed by atoms with Gasteiger partial charge in [-0.1, -0.05) is 11.6 Å². The van der Waals surface area contributed by atoms with Gasteiger partial charge in [0.05, 0.1) is 17.4 Å². The van der Waals surface area contributed by atoms with Crippen molar-refractivity contribution in [3.05, 3.63) is 28.8 Å². The van der Waals surface area contributed by atoms with E-state index in [1.807, 2.05) is 13.8 Å². The van der Waals surface area contributed by atoms with Crippen molar-refractivity contribution in [1.29, 1.82) is 0 Å². The van der Waals surface area contributed by atoms with Crippen molar-refractivity contribution in [3.8, 4) is 0 Å². The number of hydrogen-bond donors (Lipinski definition) is 1. The molecule has 0 aliphatic rings. The van der Waals surface area contributed by atoms with E-state index in [-0.39, 0.29) is 24.5 Å². The maximum absolute atomic E-state index is 12.0. The maximum atomic E-state index is 12.0. The number of rotatable bonds is 5. The van der Waals surface area contributed by atoms with Crippen LogP contribution in [0, 0.1) is 0 Å². The highest BCUT2D eigenvalue weighted by Gasteiger charge is 2.15. The highest BCUT2D eigenvalue weighted by atomic mass is 35.5. The number of benzene rings is 1. The van der Waals surface area contributed by atoms with Crippen LogP contribution in [0.5, 0.6) is 0 Å². The molecule has 1 aromatic rings. The largest absolute Gasteiger partial charge is 0.369 e. The van der Waals surface area contributed by atoms with Crippen molar-refractivity contribution in [3.63, 3.8) is 0 Å². The van der Waals surface area contributed by atoms with Gasteiger partial charge in [-0.15, -0.1) is 0 Å². The molecular formula is C14H19ClN2O3. The van der Waals surface area contributed by atoms with E-state index in [4.69, 9.17) is 16.3 Å². The maximum Gasteiger partial charge on any atom is 0.255 e. The molecule has 0 unspecified atom stereocenters. The van der Waals surface area contributed by atoms with Crippen LogP contribution in [0.4, 0.5) is 5.69 Å². The van der Waals surface area contributed by atoms with Gasteiger partial charge in [0.2, 0.25) is 5.91 Å². The molecular weight excluding hydrogens is 280 g/mol. The molecule has 0 aromatic heterocycles. The fraction of sp³-hybridized carbons (Fsp3) is 0.429. The van der Waals surface area contributed by atoms with Gasteiger partial charge in [-0.25, -0.2) is 0 Å². The smallest absolute Gasteiger partial charge is 0.255 e. The summed E-state index contributed by atoms with van der Waals surface area (Å²) in [6.07, 6.45) is -0.0389. The summed E-state index contributed by atoms with van der Waals surface area (Å²) in [5.74, 6) is -0.532.